The Kier molecular flexibility index (Phi) is 4.61. The topological polar surface area (TPSA) is 97.3 Å². The fourth-order valence-corrected chi connectivity index (χ4v) is 4.31. The molecule has 4 aromatic rings. The average molecular weight is 449 g/mol. The first-order chi connectivity index (χ1) is 15.6. The quantitative estimate of drug-likeness (QED) is 0.428. The minimum absolute atomic E-state index is 0.109. The number of carbonyl (C=O) groups excluding carboxylic acids is 1. The Labute approximate surface area is 189 Å². The summed E-state index contributed by atoms with van der Waals surface area (Å²) in [6.07, 6.45) is 7.47. The van der Waals surface area contributed by atoms with Crippen molar-refractivity contribution in [2.75, 3.05) is 10.6 Å². The van der Waals surface area contributed by atoms with Crippen LogP contribution in [-0.2, 0) is 11.3 Å². The molecule has 0 bridgehead atoms. The Balaban J connectivity index is 1.05. The Bertz CT molecular complexity index is 1310. The summed E-state index contributed by atoms with van der Waals surface area (Å²) in [5.41, 5.74) is 4.21. The minimum atomic E-state index is -0.117. The van der Waals surface area contributed by atoms with Crippen LogP contribution in [-0.4, -0.2) is 25.4 Å². The van der Waals surface area contributed by atoms with Crippen LogP contribution in [0.4, 0.5) is 12.0 Å². The predicted molar refractivity (Wildman–Crippen MR) is 120 cm³/mol. The minimum Gasteiger partial charge on any atom is -0.332 e. The van der Waals surface area contributed by atoms with Crippen LogP contribution in [0, 0.1) is 5.92 Å². The Morgan fingerprint density at radius 3 is 2.91 bits per heavy atom. The standard InChI is InChI=1S/C23H21ClN6O2/c24-16-3-1-2-14(8-16)18-9-19(18)21(31)27-22-28-23(32-29-22)25-10-17-12-30-11-15(13-4-5-13)6-7-20(30)26-17/h1-3,6-8,11-13,18-19H,4-5,9-10H2,(H2,25,27,28,29,31)/t18?,19-/m0/s1. The lowest BCUT2D eigenvalue weighted by molar-refractivity contribution is -0.117. The zero-order valence-corrected chi connectivity index (χ0v) is 17.9. The molecule has 8 nitrogen and oxygen atoms in total. The summed E-state index contributed by atoms with van der Waals surface area (Å²) < 4.78 is 7.26. The number of aromatic nitrogens is 4. The van der Waals surface area contributed by atoms with Gasteiger partial charge in [-0.3, -0.25) is 10.1 Å². The van der Waals surface area contributed by atoms with Crippen LogP contribution in [0.2, 0.25) is 5.02 Å². The van der Waals surface area contributed by atoms with E-state index in [1.54, 1.807) is 0 Å². The Morgan fingerprint density at radius 2 is 2.06 bits per heavy atom. The normalized spacial score (nSPS) is 19.8. The summed E-state index contributed by atoms with van der Waals surface area (Å²) in [4.78, 5) is 21.3. The van der Waals surface area contributed by atoms with Crippen LogP contribution >= 0.6 is 11.6 Å². The average Bonchev–Trinajstić information content (AvgIpc) is 3.70. The first-order valence-corrected chi connectivity index (χ1v) is 11.1. The van der Waals surface area contributed by atoms with Gasteiger partial charge < -0.3 is 14.2 Å². The lowest BCUT2D eigenvalue weighted by Crippen LogP contribution is -2.15. The summed E-state index contributed by atoms with van der Waals surface area (Å²) in [6, 6.07) is 12.1. The highest BCUT2D eigenvalue weighted by molar-refractivity contribution is 6.30. The number of rotatable bonds is 7. The number of hydrogen-bond donors (Lipinski definition) is 2. The second-order valence-electron chi connectivity index (χ2n) is 8.50. The molecular weight excluding hydrogens is 428 g/mol. The number of benzene rings is 1. The third-order valence-corrected chi connectivity index (χ3v) is 6.29. The fraction of sp³-hybridized carbons (Fsp3) is 0.304. The van der Waals surface area contributed by atoms with Gasteiger partial charge in [-0.2, -0.15) is 4.98 Å². The predicted octanol–water partition coefficient (Wildman–Crippen LogP) is 4.60. The molecule has 2 fully saturated rings. The van der Waals surface area contributed by atoms with Crippen molar-refractivity contribution in [1.82, 2.24) is 19.5 Å². The van der Waals surface area contributed by atoms with Crippen LogP contribution in [0.3, 0.4) is 0 Å². The van der Waals surface area contributed by atoms with Gasteiger partial charge in [0.15, 0.2) is 0 Å². The smallest absolute Gasteiger partial charge is 0.323 e. The maximum atomic E-state index is 12.5. The molecule has 2 atom stereocenters. The zero-order chi connectivity index (χ0) is 21.7. The maximum Gasteiger partial charge on any atom is 0.323 e. The monoisotopic (exact) mass is 448 g/mol. The molecule has 3 aromatic heterocycles. The van der Waals surface area contributed by atoms with Crippen molar-refractivity contribution < 1.29 is 9.32 Å². The van der Waals surface area contributed by atoms with Crippen molar-refractivity contribution >= 4 is 35.1 Å². The van der Waals surface area contributed by atoms with E-state index < -0.39 is 0 Å². The molecule has 1 amide bonds. The van der Waals surface area contributed by atoms with Gasteiger partial charge in [0.05, 0.1) is 12.2 Å². The van der Waals surface area contributed by atoms with Crippen LogP contribution in [0.1, 0.15) is 47.9 Å². The number of anilines is 2. The third kappa shape index (κ3) is 3.93. The van der Waals surface area contributed by atoms with E-state index in [9.17, 15) is 4.79 Å². The van der Waals surface area contributed by atoms with Gasteiger partial charge in [0, 0.05) is 23.3 Å². The van der Waals surface area contributed by atoms with Gasteiger partial charge in [-0.1, -0.05) is 29.8 Å². The van der Waals surface area contributed by atoms with Crippen molar-refractivity contribution in [3.05, 3.63) is 70.6 Å². The van der Waals surface area contributed by atoms with Gasteiger partial charge in [0.2, 0.25) is 5.91 Å². The largest absolute Gasteiger partial charge is 0.332 e. The Hall–Kier alpha value is -3.39. The van der Waals surface area contributed by atoms with Crippen molar-refractivity contribution in [1.29, 1.82) is 0 Å². The molecule has 0 saturated heterocycles. The van der Waals surface area contributed by atoms with Crippen LogP contribution < -0.4 is 10.6 Å². The molecule has 2 N–H and O–H groups in total. The van der Waals surface area contributed by atoms with E-state index in [1.165, 1.54) is 18.4 Å². The highest BCUT2D eigenvalue weighted by atomic mass is 35.5. The molecule has 32 heavy (non-hydrogen) atoms. The molecule has 2 aliphatic rings. The SMILES string of the molecule is O=C(Nc1noc(NCc2cn3cc(C4CC4)ccc3n2)n1)[C@H]1CC1c1cccc(Cl)c1. The zero-order valence-electron chi connectivity index (χ0n) is 17.2. The van der Waals surface area contributed by atoms with Crippen molar-refractivity contribution in [2.45, 2.75) is 37.6 Å². The number of fused-ring (bicyclic) bond motifs is 1. The van der Waals surface area contributed by atoms with Crippen LogP contribution in [0.5, 0.6) is 0 Å². The van der Waals surface area contributed by atoms with E-state index in [4.69, 9.17) is 16.1 Å². The molecule has 2 aliphatic carbocycles. The first-order valence-electron chi connectivity index (χ1n) is 10.7. The van der Waals surface area contributed by atoms with E-state index in [-0.39, 0.29) is 29.7 Å². The van der Waals surface area contributed by atoms with E-state index in [0.29, 0.717) is 17.5 Å². The summed E-state index contributed by atoms with van der Waals surface area (Å²) in [5.74, 6) is 0.801. The summed E-state index contributed by atoms with van der Waals surface area (Å²) in [5, 5.41) is 10.3. The van der Waals surface area contributed by atoms with E-state index >= 15 is 0 Å². The summed E-state index contributed by atoms with van der Waals surface area (Å²) >= 11 is 6.05. The van der Waals surface area contributed by atoms with Gasteiger partial charge in [-0.15, -0.1) is 0 Å². The number of hydrogen-bond acceptors (Lipinski definition) is 6. The van der Waals surface area contributed by atoms with E-state index in [2.05, 4.69) is 42.4 Å². The molecule has 1 unspecified atom stereocenters. The number of imidazole rings is 1. The Morgan fingerprint density at radius 1 is 1.16 bits per heavy atom. The molecule has 1 aromatic carbocycles. The highest BCUT2D eigenvalue weighted by Crippen LogP contribution is 2.48. The van der Waals surface area contributed by atoms with Gasteiger partial charge in [0.25, 0.3) is 5.95 Å². The molecule has 2 saturated carbocycles. The first kappa shape index (κ1) is 19.3. The van der Waals surface area contributed by atoms with Gasteiger partial charge >= 0.3 is 6.01 Å². The van der Waals surface area contributed by atoms with Crippen molar-refractivity contribution in [2.24, 2.45) is 5.92 Å². The third-order valence-electron chi connectivity index (χ3n) is 6.06. The van der Waals surface area contributed by atoms with E-state index in [0.717, 1.165) is 23.3 Å². The lowest BCUT2D eigenvalue weighted by atomic mass is 10.1. The van der Waals surface area contributed by atoms with Crippen molar-refractivity contribution in [3.63, 3.8) is 0 Å². The number of nitrogens with zero attached hydrogens (tertiary/aromatic N) is 4. The number of amides is 1. The van der Waals surface area contributed by atoms with Crippen molar-refractivity contribution in [3.8, 4) is 0 Å². The highest BCUT2D eigenvalue weighted by Gasteiger charge is 2.44. The maximum absolute atomic E-state index is 12.5. The molecular formula is C23H21ClN6O2. The van der Waals surface area contributed by atoms with Gasteiger partial charge in [-0.05, 0) is 65.6 Å². The number of nitrogens with one attached hydrogen (secondary N) is 2. The molecule has 0 spiro atoms. The van der Waals surface area contributed by atoms with Gasteiger partial charge in [-0.25, -0.2) is 4.98 Å². The summed E-state index contributed by atoms with van der Waals surface area (Å²) in [7, 11) is 0. The number of pyridine rings is 1. The molecule has 9 heteroatoms. The number of halogens is 1. The summed E-state index contributed by atoms with van der Waals surface area (Å²) in [6.45, 7) is 0.440. The molecule has 162 valence electrons. The molecule has 0 aliphatic heterocycles. The molecule has 0 radical (unpaired) electrons. The number of carbonyl (C=O) groups is 1. The fourth-order valence-electron chi connectivity index (χ4n) is 4.11. The van der Waals surface area contributed by atoms with Crippen LogP contribution in [0.15, 0.2) is 53.3 Å². The second-order valence-corrected chi connectivity index (χ2v) is 8.94. The van der Waals surface area contributed by atoms with E-state index in [1.807, 2.05) is 36.5 Å². The molecule has 3 heterocycles. The second kappa shape index (κ2) is 7.63. The molecule has 6 rings (SSSR count). The van der Waals surface area contributed by atoms with Gasteiger partial charge in [0.1, 0.15) is 5.65 Å². The lowest BCUT2D eigenvalue weighted by Gasteiger charge is -2.01. The van der Waals surface area contributed by atoms with Crippen LogP contribution in [0.25, 0.3) is 5.65 Å².